The number of urea groups is 1. The van der Waals surface area contributed by atoms with Crippen molar-refractivity contribution in [3.8, 4) is 0 Å². The van der Waals surface area contributed by atoms with Gasteiger partial charge in [0.15, 0.2) is 0 Å². The van der Waals surface area contributed by atoms with Gasteiger partial charge in [0.05, 0.1) is 5.38 Å². The quantitative estimate of drug-likeness (QED) is 0.769. The van der Waals surface area contributed by atoms with Crippen molar-refractivity contribution in [1.29, 1.82) is 0 Å². The van der Waals surface area contributed by atoms with Crippen LogP contribution in [-0.4, -0.2) is 48.4 Å². The van der Waals surface area contributed by atoms with Crippen LogP contribution in [0.15, 0.2) is 22.8 Å². The van der Waals surface area contributed by atoms with Crippen molar-refractivity contribution in [3.63, 3.8) is 0 Å². The summed E-state index contributed by atoms with van der Waals surface area (Å²) in [6.07, 6.45) is 4.49. The lowest BCUT2D eigenvalue weighted by molar-refractivity contribution is -0.124. The summed E-state index contributed by atoms with van der Waals surface area (Å²) in [6.45, 7) is 0.637. The zero-order valence-corrected chi connectivity index (χ0v) is 12.0. The summed E-state index contributed by atoms with van der Waals surface area (Å²) in [7, 11) is 1.59. The lowest BCUT2D eigenvalue weighted by Crippen LogP contribution is -2.44. The van der Waals surface area contributed by atoms with Crippen LogP contribution in [0.2, 0.25) is 0 Å². The van der Waals surface area contributed by atoms with Gasteiger partial charge in [-0.05, 0) is 12.0 Å². The highest BCUT2D eigenvalue weighted by Gasteiger charge is 2.32. The normalized spacial score (nSPS) is 26.7. The van der Waals surface area contributed by atoms with Crippen LogP contribution < -0.4 is 10.6 Å². The molecule has 104 valence electrons. The molecule has 1 fully saturated rings. The lowest BCUT2D eigenvalue weighted by Gasteiger charge is -2.19. The minimum absolute atomic E-state index is 0.206. The van der Waals surface area contributed by atoms with Gasteiger partial charge in [0.2, 0.25) is 5.91 Å². The fourth-order valence-electron chi connectivity index (χ4n) is 2.01. The molecule has 1 aliphatic heterocycles. The number of hydrogen-bond donors (Lipinski definition) is 2. The van der Waals surface area contributed by atoms with Gasteiger partial charge in [-0.25, -0.2) is 4.79 Å². The van der Waals surface area contributed by atoms with Gasteiger partial charge in [-0.2, -0.15) is 0 Å². The molecule has 0 bridgehead atoms. The molecule has 2 N–H and O–H groups in total. The molecule has 2 unspecified atom stereocenters. The van der Waals surface area contributed by atoms with Crippen LogP contribution in [-0.2, 0) is 4.79 Å². The van der Waals surface area contributed by atoms with E-state index in [1.165, 1.54) is 4.90 Å². The largest absolute Gasteiger partial charge is 0.350 e. The second-order valence-electron chi connectivity index (χ2n) is 4.51. The van der Waals surface area contributed by atoms with Crippen LogP contribution in [0.5, 0.6) is 0 Å². The maximum Gasteiger partial charge on any atom is 0.317 e. The summed E-state index contributed by atoms with van der Waals surface area (Å²) in [6, 6.07) is -0.720. The van der Waals surface area contributed by atoms with Gasteiger partial charge in [0.1, 0.15) is 6.04 Å². The summed E-state index contributed by atoms with van der Waals surface area (Å²) in [5, 5.41) is 5.72. The van der Waals surface area contributed by atoms with Crippen LogP contribution in [0.1, 0.15) is 6.42 Å². The van der Waals surface area contributed by atoms with Crippen molar-refractivity contribution in [1.82, 2.24) is 15.5 Å². The number of alkyl halides is 1. The zero-order chi connectivity index (χ0) is 14.0. The van der Waals surface area contributed by atoms with E-state index < -0.39 is 6.04 Å². The molecular weight excluding hydrogens is 289 g/mol. The highest BCUT2D eigenvalue weighted by molar-refractivity contribution is 6.38. The van der Waals surface area contributed by atoms with Crippen molar-refractivity contribution in [3.05, 3.63) is 22.8 Å². The number of amides is 3. The molecule has 7 heteroatoms. The number of rotatable bonds is 3. The van der Waals surface area contributed by atoms with Gasteiger partial charge >= 0.3 is 6.03 Å². The van der Waals surface area contributed by atoms with Crippen LogP contribution in [0.4, 0.5) is 4.79 Å². The molecule has 0 radical (unpaired) electrons. The lowest BCUT2D eigenvalue weighted by atomic mass is 10.1. The first kappa shape index (κ1) is 14.2. The molecule has 1 aliphatic carbocycles. The SMILES string of the molecule is CN1C(=O)NCC1C(=O)NCC1=C(Cl)C(Cl)CC=C1. The van der Waals surface area contributed by atoms with E-state index in [9.17, 15) is 9.59 Å². The van der Waals surface area contributed by atoms with Crippen LogP contribution >= 0.6 is 23.2 Å². The maximum atomic E-state index is 12.0. The van der Waals surface area contributed by atoms with Crippen LogP contribution in [0, 0.1) is 0 Å². The summed E-state index contributed by atoms with van der Waals surface area (Å²) in [5.41, 5.74) is 0.807. The first-order chi connectivity index (χ1) is 9.00. The van der Waals surface area contributed by atoms with Crippen molar-refractivity contribution in [2.24, 2.45) is 0 Å². The molecule has 1 heterocycles. The van der Waals surface area contributed by atoms with Crippen molar-refractivity contribution >= 4 is 35.1 Å². The Morgan fingerprint density at radius 2 is 2.37 bits per heavy atom. The monoisotopic (exact) mass is 303 g/mol. The number of halogens is 2. The summed E-state index contributed by atoms with van der Waals surface area (Å²) in [5.74, 6) is -0.206. The molecule has 19 heavy (non-hydrogen) atoms. The van der Waals surface area contributed by atoms with Gasteiger partial charge < -0.3 is 15.5 Å². The maximum absolute atomic E-state index is 12.0. The highest BCUT2D eigenvalue weighted by atomic mass is 35.5. The fraction of sp³-hybridized carbons (Fsp3) is 0.500. The Hall–Kier alpha value is -1.20. The van der Waals surface area contributed by atoms with Crippen LogP contribution in [0.3, 0.4) is 0 Å². The van der Waals surface area contributed by atoms with Gasteiger partial charge in [-0.15, -0.1) is 11.6 Å². The number of hydrogen-bond acceptors (Lipinski definition) is 2. The van der Waals surface area contributed by atoms with Crippen molar-refractivity contribution < 1.29 is 9.59 Å². The first-order valence-corrected chi connectivity index (χ1v) is 6.79. The van der Waals surface area contributed by atoms with Gasteiger partial charge in [0, 0.05) is 25.2 Å². The van der Waals surface area contributed by atoms with Gasteiger partial charge in [-0.1, -0.05) is 23.8 Å². The summed E-state index contributed by atoms with van der Waals surface area (Å²) < 4.78 is 0. The molecule has 2 rings (SSSR count). The number of nitrogens with one attached hydrogen (secondary N) is 2. The van der Waals surface area contributed by atoms with E-state index in [0.717, 1.165) is 5.57 Å². The van der Waals surface area contributed by atoms with E-state index in [2.05, 4.69) is 10.6 Å². The van der Waals surface area contributed by atoms with Crippen molar-refractivity contribution in [2.45, 2.75) is 17.8 Å². The Balaban J connectivity index is 1.92. The third kappa shape index (κ3) is 3.04. The number of likely N-dealkylation sites (N-methyl/N-ethyl adjacent to an activating group) is 1. The van der Waals surface area contributed by atoms with Crippen molar-refractivity contribution in [2.75, 3.05) is 20.1 Å². The molecule has 2 atom stereocenters. The molecule has 1 saturated heterocycles. The molecule has 0 aromatic rings. The average molecular weight is 304 g/mol. The Morgan fingerprint density at radius 1 is 1.63 bits per heavy atom. The predicted octanol–water partition coefficient (Wildman–Crippen LogP) is 1.19. The van der Waals surface area contributed by atoms with E-state index in [1.54, 1.807) is 7.05 Å². The number of carbonyl (C=O) groups is 2. The molecule has 0 aromatic heterocycles. The van der Waals surface area contributed by atoms with E-state index in [-0.39, 0.29) is 17.3 Å². The van der Waals surface area contributed by atoms with Gasteiger partial charge in [0.25, 0.3) is 0 Å². The van der Waals surface area contributed by atoms with Crippen LogP contribution in [0.25, 0.3) is 0 Å². The molecule has 2 aliphatic rings. The molecular formula is C12H15Cl2N3O2. The molecule has 0 saturated carbocycles. The Morgan fingerprint density at radius 3 is 3.00 bits per heavy atom. The van der Waals surface area contributed by atoms with E-state index in [0.29, 0.717) is 24.5 Å². The topological polar surface area (TPSA) is 61.4 Å². The van der Waals surface area contributed by atoms with E-state index >= 15 is 0 Å². The molecule has 0 aromatic carbocycles. The number of carbonyl (C=O) groups excluding carboxylic acids is 2. The minimum atomic E-state index is -0.480. The molecule has 5 nitrogen and oxygen atoms in total. The Kier molecular flexibility index (Phi) is 4.37. The average Bonchev–Trinajstić information content (AvgIpc) is 2.72. The summed E-state index contributed by atoms with van der Waals surface area (Å²) in [4.78, 5) is 24.6. The zero-order valence-electron chi connectivity index (χ0n) is 10.5. The predicted molar refractivity (Wildman–Crippen MR) is 74.2 cm³/mol. The standard InChI is InChI=1S/C12H15Cl2N3O2/c1-17-9(6-16-12(17)19)11(18)15-5-7-3-2-4-8(13)10(7)14/h2-3,8-9H,4-6H2,1H3,(H,15,18)(H,16,19). The van der Waals surface area contributed by atoms with E-state index in [4.69, 9.17) is 23.2 Å². The third-order valence-corrected chi connectivity index (χ3v) is 4.25. The first-order valence-electron chi connectivity index (χ1n) is 5.98. The Bertz CT molecular complexity index is 462. The highest BCUT2D eigenvalue weighted by Crippen LogP contribution is 2.26. The molecule has 0 spiro atoms. The number of allylic oxidation sites excluding steroid dienone is 2. The summed E-state index contributed by atoms with van der Waals surface area (Å²) >= 11 is 12.1. The van der Waals surface area contributed by atoms with Gasteiger partial charge in [-0.3, -0.25) is 4.79 Å². The second-order valence-corrected chi connectivity index (χ2v) is 5.44. The Labute approximate surface area is 121 Å². The van der Waals surface area contributed by atoms with E-state index in [1.807, 2.05) is 12.2 Å². The molecule has 3 amide bonds. The third-order valence-electron chi connectivity index (χ3n) is 3.23. The smallest absolute Gasteiger partial charge is 0.317 e. The second kappa shape index (κ2) is 5.84. The fourth-order valence-corrected chi connectivity index (χ4v) is 2.48. The number of nitrogens with zero attached hydrogens (tertiary/aromatic N) is 1. The minimum Gasteiger partial charge on any atom is -0.350 e.